The predicted molar refractivity (Wildman–Crippen MR) is 154 cm³/mol. The second kappa shape index (κ2) is 12.8. The van der Waals surface area contributed by atoms with Gasteiger partial charge < -0.3 is 20.1 Å². The Morgan fingerprint density at radius 2 is 1.81 bits per heavy atom. The summed E-state index contributed by atoms with van der Waals surface area (Å²) < 4.78 is 11.8. The minimum atomic E-state index is -0.525. The fourth-order valence-electron chi connectivity index (χ4n) is 3.33. The molecule has 0 fully saturated rings. The van der Waals surface area contributed by atoms with Gasteiger partial charge in [-0.25, -0.2) is 0 Å². The van der Waals surface area contributed by atoms with Crippen LogP contribution in [0.5, 0.6) is 11.5 Å². The van der Waals surface area contributed by atoms with Gasteiger partial charge in [0, 0.05) is 11.4 Å². The van der Waals surface area contributed by atoms with E-state index in [1.165, 1.54) is 19.3 Å². The summed E-state index contributed by atoms with van der Waals surface area (Å²) >= 11 is 13.9. The molecular weight excluding hydrogens is 628 g/mol. The second-order valence-electron chi connectivity index (χ2n) is 7.94. The molecule has 0 aliphatic rings. The average Bonchev–Trinajstić information content (AvgIpc) is 2.85. The van der Waals surface area contributed by atoms with E-state index in [1.807, 2.05) is 54.6 Å². The molecule has 3 aromatic rings. The Kier molecular flexibility index (Phi) is 9.80. The van der Waals surface area contributed by atoms with E-state index < -0.39 is 11.8 Å². The lowest BCUT2D eigenvalue weighted by Gasteiger charge is -2.14. The molecule has 0 saturated heterocycles. The molecule has 0 radical (unpaired) electrons. The van der Waals surface area contributed by atoms with Gasteiger partial charge in [-0.15, -0.1) is 0 Å². The lowest BCUT2D eigenvalue weighted by molar-refractivity contribution is -0.118. The highest BCUT2D eigenvalue weighted by atomic mass is 127. The van der Waals surface area contributed by atoms with Crippen LogP contribution in [0.1, 0.15) is 16.7 Å². The van der Waals surface area contributed by atoms with Gasteiger partial charge in [0.1, 0.15) is 11.6 Å². The molecule has 0 saturated carbocycles. The Bertz CT molecular complexity index is 1430. The Morgan fingerprint density at radius 1 is 1.05 bits per heavy atom. The van der Waals surface area contributed by atoms with Crippen molar-refractivity contribution in [2.45, 2.75) is 13.8 Å². The number of rotatable bonds is 8. The number of ether oxygens (including phenoxy) is 2. The van der Waals surface area contributed by atoms with Gasteiger partial charge in [-0.3, -0.25) is 9.59 Å². The van der Waals surface area contributed by atoms with Crippen LogP contribution < -0.4 is 20.1 Å². The number of methoxy groups -OCH3 is 1. The number of carbonyl (C=O) groups is 2. The molecule has 10 heteroatoms. The third-order valence-electron chi connectivity index (χ3n) is 5.11. The monoisotopic (exact) mass is 649 g/mol. The van der Waals surface area contributed by atoms with E-state index in [0.29, 0.717) is 42.1 Å². The summed E-state index contributed by atoms with van der Waals surface area (Å²) in [7, 11) is 1.46. The van der Waals surface area contributed by atoms with E-state index in [2.05, 4.69) is 10.6 Å². The zero-order chi connectivity index (χ0) is 27.1. The van der Waals surface area contributed by atoms with Crippen LogP contribution in [-0.4, -0.2) is 25.5 Å². The van der Waals surface area contributed by atoms with Gasteiger partial charge in [-0.2, -0.15) is 5.26 Å². The molecule has 0 atom stereocenters. The number of anilines is 2. The Morgan fingerprint density at radius 3 is 2.46 bits per heavy atom. The summed E-state index contributed by atoms with van der Waals surface area (Å²) in [6.45, 7) is 3.56. The second-order valence-corrected chi connectivity index (χ2v) is 9.92. The number of amides is 2. The van der Waals surface area contributed by atoms with Crippen molar-refractivity contribution in [3.63, 3.8) is 0 Å². The maximum atomic E-state index is 12.7. The topological polar surface area (TPSA) is 100 Å². The van der Waals surface area contributed by atoms with E-state index in [-0.39, 0.29) is 12.2 Å². The average molecular weight is 650 g/mol. The van der Waals surface area contributed by atoms with Crippen LogP contribution in [-0.2, 0) is 9.59 Å². The number of hydrogen-bond acceptors (Lipinski definition) is 5. The van der Waals surface area contributed by atoms with Crippen molar-refractivity contribution >= 4 is 75.1 Å². The van der Waals surface area contributed by atoms with Crippen molar-refractivity contribution in [2.24, 2.45) is 0 Å². The Hall–Kier alpha value is -3.26. The molecule has 0 aliphatic heterocycles. The van der Waals surface area contributed by atoms with Crippen molar-refractivity contribution in [1.82, 2.24) is 0 Å². The quantitative estimate of drug-likeness (QED) is 0.159. The largest absolute Gasteiger partial charge is 0.493 e. The molecule has 190 valence electrons. The highest BCUT2D eigenvalue weighted by Crippen LogP contribution is 2.35. The first kappa shape index (κ1) is 28.3. The molecule has 0 spiro atoms. The van der Waals surface area contributed by atoms with E-state index in [9.17, 15) is 14.9 Å². The van der Waals surface area contributed by atoms with E-state index in [0.717, 1.165) is 11.1 Å². The SMILES string of the molecule is COc1cc(/C=C(\C#N)C(=O)Nc2ccc(C)cc2C)cc(I)c1OCC(=O)Nc1ccc(Cl)c(Cl)c1. The summed E-state index contributed by atoms with van der Waals surface area (Å²) in [5.74, 6) is -0.242. The fraction of sp³-hybridized carbons (Fsp3) is 0.148. The number of nitrogens with zero attached hydrogens (tertiary/aromatic N) is 1. The van der Waals surface area contributed by atoms with Gasteiger partial charge in [-0.05, 0) is 90.0 Å². The minimum Gasteiger partial charge on any atom is -0.493 e. The number of nitrogens with one attached hydrogen (secondary N) is 2. The van der Waals surface area contributed by atoms with Crippen molar-refractivity contribution < 1.29 is 19.1 Å². The van der Waals surface area contributed by atoms with Crippen LogP contribution in [0.15, 0.2) is 54.1 Å². The van der Waals surface area contributed by atoms with Crippen LogP contribution in [0.2, 0.25) is 10.0 Å². The number of aryl methyl sites for hydroxylation is 2. The van der Waals surface area contributed by atoms with Crippen LogP contribution in [0, 0.1) is 28.7 Å². The maximum absolute atomic E-state index is 12.7. The normalized spacial score (nSPS) is 10.9. The third kappa shape index (κ3) is 7.61. The van der Waals surface area contributed by atoms with Crippen LogP contribution >= 0.6 is 45.8 Å². The van der Waals surface area contributed by atoms with Crippen molar-refractivity contribution in [1.29, 1.82) is 5.26 Å². The third-order valence-corrected chi connectivity index (χ3v) is 6.65. The Balaban J connectivity index is 1.74. The fourth-order valence-corrected chi connectivity index (χ4v) is 4.41. The molecule has 0 unspecified atom stereocenters. The molecule has 7 nitrogen and oxygen atoms in total. The molecule has 0 heterocycles. The maximum Gasteiger partial charge on any atom is 0.266 e. The zero-order valence-corrected chi connectivity index (χ0v) is 23.8. The van der Waals surface area contributed by atoms with Crippen molar-refractivity contribution in [3.05, 3.63) is 84.4 Å². The molecular formula is C27H22Cl2IN3O4. The van der Waals surface area contributed by atoms with Crippen LogP contribution in [0.25, 0.3) is 6.08 Å². The van der Waals surface area contributed by atoms with Crippen molar-refractivity contribution in [3.8, 4) is 17.6 Å². The summed E-state index contributed by atoms with van der Waals surface area (Å²) in [5, 5.41) is 15.8. The van der Waals surface area contributed by atoms with Gasteiger partial charge >= 0.3 is 0 Å². The molecule has 0 aliphatic carbocycles. The summed E-state index contributed by atoms with van der Waals surface area (Å²) in [5.41, 5.74) is 3.56. The van der Waals surface area contributed by atoms with Gasteiger partial charge in [0.25, 0.3) is 11.8 Å². The molecule has 2 N–H and O–H groups in total. The minimum absolute atomic E-state index is 0.0764. The summed E-state index contributed by atoms with van der Waals surface area (Å²) in [4.78, 5) is 25.1. The summed E-state index contributed by atoms with van der Waals surface area (Å²) in [6, 6.07) is 15.7. The van der Waals surface area contributed by atoms with Crippen LogP contribution in [0.3, 0.4) is 0 Å². The standard InChI is InChI=1S/C27H22Cl2IN3O4/c1-15-4-7-23(16(2)8-15)33-27(35)18(13-31)9-17-10-22(30)26(24(11-17)36-3)37-14-25(34)32-19-5-6-20(28)21(29)12-19/h4-12H,14H2,1-3H3,(H,32,34)(H,33,35)/b18-9+. The van der Waals surface area contributed by atoms with Gasteiger partial charge in [-0.1, -0.05) is 40.9 Å². The van der Waals surface area contributed by atoms with Gasteiger partial charge in [0.15, 0.2) is 18.1 Å². The first-order valence-electron chi connectivity index (χ1n) is 10.9. The number of nitriles is 1. The summed E-state index contributed by atoms with van der Waals surface area (Å²) in [6.07, 6.45) is 1.46. The van der Waals surface area contributed by atoms with Crippen LogP contribution in [0.4, 0.5) is 11.4 Å². The number of halogens is 3. The first-order chi connectivity index (χ1) is 17.6. The molecule has 2 amide bonds. The van der Waals surface area contributed by atoms with Gasteiger partial charge in [0.05, 0.1) is 20.7 Å². The van der Waals surface area contributed by atoms with E-state index >= 15 is 0 Å². The number of hydrogen-bond donors (Lipinski definition) is 2. The lowest BCUT2D eigenvalue weighted by atomic mass is 10.1. The zero-order valence-electron chi connectivity index (χ0n) is 20.1. The smallest absolute Gasteiger partial charge is 0.266 e. The highest BCUT2D eigenvalue weighted by molar-refractivity contribution is 14.1. The Labute approximate surface area is 238 Å². The molecule has 0 aromatic heterocycles. The van der Waals surface area contributed by atoms with E-state index in [1.54, 1.807) is 30.3 Å². The van der Waals surface area contributed by atoms with E-state index in [4.69, 9.17) is 32.7 Å². The highest BCUT2D eigenvalue weighted by Gasteiger charge is 2.16. The predicted octanol–water partition coefficient (Wildman–Crippen LogP) is 6.79. The lowest BCUT2D eigenvalue weighted by Crippen LogP contribution is -2.20. The first-order valence-corrected chi connectivity index (χ1v) is 12.7. The number of carbonyl (C=O) groups excluding carboxylic acids is 2. The molecule has 37 heavy (non-hydrogen) atoms. The molecule has 0 bridgehead atoms. The number of benzene rings is 3. The molecule has 3 aromatic carbocycles. The van der Waals surface area contributed by atoms with Crippen molar-refractivity contribution in [2.75, 3.05) is 24.4 Å². The van der Waals surface area contributed by atoms with Gasteiger partial charge in [0.2, 0.25) is 0 Å². The molecule has 3 rings (SSSR count).